The topological polar surface area (TPSA) is 46.3 Å². The summed E-state index contributed by atoms with van der Waals surface area (Å²) in [6, 6.07) is 7.55. The van der Waals surface area contributed by atoms with Crippen molar-refractivity contribution in [1.82, 2.24) is 4.90 Å². The Balaban J connectivity index is 2.24. The van der Waals surface area contributed by atoms with Crippen LogP contribution in [0.5, 0.6) is 0 Å². The van der Waals surface area contributed by atoms with Crippen molar-refractivity contribution in [3.63, 3.8) is 0 Å². The van der Waals surface area contributed by atoms with Crippen LogP contribution in [0.15, 0.2) is 28.7 Å². The first-order chi connectivity index (χ1) is 6.61. The number of carbonyl (C=O) groups is 1. The molecule has 4 heteroatoms. The van der Waals surface area contributed by atoms with Crippen molar-refractivity contribution < 1.29 is 4.79 Å². The molecule has 1 aliphatic heterocycles. The Morgan fingerprint density at radius 3 is 2.43 bits per heavy atom. The van der Waals surface area contributed by atoms with E-state index in [1.165, 1.54) is 0 Å². The van der Waals surface area contributed by atoms with Gasteiger partial charge in [-0.1, -0.05) is 28.1 Å². The van der Waals surface area contributed by atoms with Crippen LogP contribution in [0.2, 0.25) is 0 Å². The molecule has 0 spiro atoms. The van der Waals surface area contributed by atoms with Gasteiger partial charge in [0.25, 0.3) is 0 Å². The maximum Gasteiger partial charge on any atom is 0.242 e. The second-order valence-electron chi connectivity index (χ2n) is 3.47. The second kappa shape index (κ2) is 3.37. The highest BCUT2D eigenvalue weighted by Gasteiger charge is 2.42. The summed E-state index contributed by atoms with van der Waals surface area (Å²) in [5.41, 5.74) is 6.81. The van der Waals surface area contributed by atoms with E-state index in [0.717, 1.165) is 10.0 Å². The number of nitrogens with zero attached hydrogens (tertiary/aromatic N) is 1. The van der Waals surface area contributed by atoms with E-state index in [1.807, 2.05) is 24.3 Å². The van der Waals surface area contributed by atoms with Crippen LogP contribution in [0.4, 0.5) is 0 Å². The summed E-state index contributed by atoms with van der Waals surface area (Å²) in [6.07, 6.45) is 0. The molecule has 2 unspecified atom stereocenters. The molecule has 14 heavy (non-hydrogen) atoms. The number of hydrogen-bond acceptors (Lipinski definition) is 2. The van der Waals surface area contributed by atoms with Gasteiger partial charge in [0.1, 0.15) is 6.04 Å². The molecule has 1 aromatic carbocycles. The molecule has 1 aromatic rings. The van der Waals surface area contributed by atoms with Crippen LogP contribution >= 0.6 is 15.9 Å². The van der Waals surface area contributed by atoms with Gasteiger partial charge in [-0.25, -0.2) is 0 Å². The van der Waals surface area contributed by atoms with Crippen molar-refractivity contribution in [3.8, 4) is 0 Å². The summed E-state index contributed by atoms with van der Waals surface area (Å²) in [4.78, 5) is 12.9. The van der Waals surface area contributed by atoms with Crippen molar-refractivity contribution in [1.29, 1.82) is 0 Å². The molecule has 2 N–H and O–H groups in total. The number of nitrogens with two attached hydrogens (primary N) is 1. The fraction of sp³-hybridized carbons (Fsp3) is 0.300. The molecule has 2 atom stereocenters. The summed E-state index contributed by atoms with van der Waals surface area (Å²) in [5, 5.41) is 0. The minimum Gasteiger partial charge on any atom is -0.335 e. The normalized spacial score (nSPS) is 26.2. The monoisotopic (exact) mass is 254 g/mol. The highest BCUT2D eigenvalue weighted by Crippen LogP contribution is 2.32. The van der Waals surface area contributed by atoms with Gasteiger partial charge < -0.3 is 10.6 Å². The first kappa shape index (κ1) is 9.68. The van der Waals surface area contributed by atoms with Gasteiger partial charge in [-0.2, -0.15) is 0 Å². The molecular formula is C10H11BrN2O. The van der Waals surface area contributed by atoms with Crippen molar-refractivity contribution >= 4 is 21.8 Å². The quantitative estimate of drug-likeness (QED) is 0.768. The lowest BCUT2D eigenvalue weighted by Gasteiger charge is -2.43. The number of amides is 1. The molecule has 0 aliphatic carbocycles. The molecule has 0 saturated carbocycles. The molecule has 1 amide bonds. The number of carbonyl (C=O) groups excluding carboxylic acids is 1. The van der Waals surface area contributed by atoms with Crippen LogP contribution in [-0.2, 0) is 4.79 Å². The highest BCUT2D eigenvalue weighted by molar-refractivity contribution is 9.10. The zero-order valence-electron chi connectivity index (χ0n) is 7.77. The Kier molecular flexibility index (Phi) is 2.33. The zero-order valence-corrected chi connectivity index (χ0v) is 9.36. The number of likely N-dealkylation sites (N-methyl/N-ethyl adjacent to an activating group) is 1. The van der Waals surface area contributed by atoms with E-state index in [2.05, 4.69) is 15.9 Å². The third-order valence-corrected chi connectivity index (χ3v) is 3.13. The molecule has 1 heterocycles. The Morgan fingerprint density at radius 2 is 1.93 bits per heavy atom. The largest absolute Gasteiger partial charge is 0.335 e. The van der Waals surface area contributed by atoms with Gasteiger partial charge in [-0.3, -0.25) is 4.79 Å². The average molecular weight is 255 g/mol. The molecule has 1 aliphatic rings. The summed E-state index contributed by atoms with van der Waals surface area (Å²) >= 11 is 3.36. The number of β-lactam (4-membered cyclic amide) rings is 1. The Morgan fingerprint density at radius 1 is 1.36 bits per heavy atom. The third-order valence-electron chi connectivity index (χ3n) is 2.60. The molecule has 1 saturated heterocycles. The molecule has 2 rings (SSSR count). The Bertz CT molecular complexity index is 351. The van der Waals surface area contributed by atoms with Gasteiger partial charge in [0.15, 0.2) is 0 Å². The molecule has 0 radical (unpaired) electrons. The van der Waals surface area contributed by atoms with Crippen molar-refractivity contribution in [2.75, 3.05) is 7.05 Å². The van der Waals surface area contributed by atoms with E-state index in [1.54, 1.807) is 11.9 Å². The predicted molar refractivity (Wildman–Crippen MR) is 57.6 cm³/mol. The lowest BCUT2D eigenvalue weighted by atomic mass is 9.90. The van der Waals surface area contributed by atoms with E-state index in [4.69, 9.17) is 5.73 Å². The number of rotatable bonds is 1. The van der Waals surface area contributed by atoms with E-state index >= 15 is 0 Å². The minimum absolute atomic E-state index is 0.0120. The van der Waals surface area contributed by atoms with Crippen LogP contribution < -0.4 is 5.73 Å². The van der Waals surface area contributed by atoms with E-state index in [9.17, 15) is 4.79 Å². The SMILES string of the molecule is CN1C(=O)C(N)C1c1ccc(Br)cc1. The van der Waals surface area contributed by atoms with E-state index in [-0.39, 0.29) is 18.0 Å². The smallest absolute Gasteiger partial charge is 0.242 e. The van der Waals surface area contributed by atoms with Gasteiger partial charge in [-0.05, 0) is 17.7 Å². The van der Waals surface area contributed by atoms with Crippen LogP contribution in [0.3, 0.4) is 0 Å². The Labute approximate surface area is 91.0 Å². The summed E-state index contributed by atoms with van der Waals surface area (Å²) in [6.45, 7) is 0. The summed E-state index contributed by atoms with van der Waals surface area (Å²) < 4.78 is 1.03. The first-order valence-corrected chi connectivity index (χ1v) is 5.18. The van der Waals surface area contributed by atoms with Gasteiger partial charge in [0, 0.05) is 11.5 Å². The second-order valence-corrected chi connectivity index (χ2v) is 4.39. The van der Waals surface area contributed by atoms with Crippen LogP contribution in [0.1, 0.15) is 11.6 Å². The molecule has 1 fully saturated rings. The minimum atomic E-state index is -0.374. The average Bonchev–Trinajstić information content (AvgIpc) is 2.21. The van der Waals surface area contributed by atoms with Gasteiger partial charge in [0.2, 0.25) is 5.91 Å². The van der Waals surface area contributed by atoms with Crippen molar-refractivity contribution in [2.45, 2.75) is 12.1 Å². The fourth-order valence-corrected chi connectivity index (χ4v) is 2.02. The lowest BCUT2D eigenvalue weighted by molar-refractivity contribution is -0.147. The van der Waals surface area contributed by atoms with Crippen molar-refractivity contribution in [2.24, 2.45) is 5.73 Å². The maximum absolute atomic E-state index is 11.2. The fourth-order valence-electron chi connectivity index (χ4n) is 1.76. The molecule has 74 valence electrons. The maximum atomic E-state index is 11.2. The first-order valence-electron chi connectivity index (χ1n) is 4.39. The molecule has 3 nitrogen and oxygen atoms in total. The summed E-state index contributed by atoms with van der Waals surface area (Å²) in [5.74, 6) is 0.0120. The zero-order chi connectivity index (χ0) is 10.3. The predicted octanol–water partition coefficient (Wildman–Crippen LogP) is 1.29. The Hall–Kier alpha value is -0.870. The number of halogens is 1. The van der Waals surface area contributed by atoms with Gasteiger partial charge >= 0.3 is 0 Å². The number of hydrogen-bond donors (Lipinski definition) is 1. The van der Waals surface area contributed by atoms with E-state index < -0.39 is 0 Å². The standard InChI is InChI=1S/C10H11BrN2O/c1-13-9(8(12)10(13)14)6-2-4-7(11)5-3-6/h2-5,8-9H,12H2,1H3. The highest BCUT2D eigenvalue weighted by atomic mass is 79.9. The van der Waals surface area contributed by atoms with Crippen LogP contribution in [0, 0.1) is 0 Å². The van der Waals surface area contributed by atoms with Gasteiger partial charge in [0.05, 0.1) is 6.04 Å². The number of likely N-dealkylation sites (tertiary alicyclic amines) is 1. The van der Waals surface area contributed by atoms with Crippen LogP contribution in [-0.4, -0.2) is 23.9 Å². The number of benzene rings is 1. The molecule has 0 bridgehead atoms. The third kappa shape index (κ3) is 1.35. The van der Waals surface area contributed by atoms with Crippen LogP contribution in [0.25, 0.3) is 0 Å². The molecular weight excluding hydrogens is 244 g/mol. The van der Waals surface area contributed by atoms with Gasteiger partial charge in [-0.15, -0.1) is 0 Å². The van der Waals surface area contributed by atoms with E-state index in [0.29, 0.717) is 0 Å². The van der Waals surface area contributed by atoms with Crippen molar-refractivity contribution in [3.05, 3.63) is 34.3 Å². The molecule has 0 aromatic heterocycles. The lowest BCUT2D eigenvalue weighted by Crippen LogP contribution is -2.61. The summed E-state index contributed by atoms with van der Waals surface area (Å²) in [7, 11) is 1.78.